The maximum absolute atomic E-state index is 5.66. The van der Waals surface area contributed by atoms with Crippen molar-refractivity contribution in [3.05, 3.63) is 29.3 Å². The zero-order valence-electron chi connectivity index (χ0n) is 13.4. The lowest BCUT2D eigenvalue weighted by molar-refractivity contribution is 0.351. The second-order valence-electron chi connectivity index (χ2n) is 6.57. The van der Waals surface area contributed by atoms with Crippen LogP contribution in [-0.2, 0) is 6.42 Å². The highest BCUT2D eigenvalue weighted by molar-refractivity contribution is 5.51. The predicted molar refractivity (Wildman–Crippen MR) is 88.3 cm³/mol. The normalized spacial score (nSPS) is 20.2. The molecular weight excluding hydrogens is 244 g/mol. The maximum atomic E-state index is 5.66. The minimum Gasteiger partial charge on any atom is -0.372 e. The molecule has 0 radical (unpaired) electrons. The van der Waals surface area contributed by atoms with Gasteiger partial charge in [-0.05, 0) is 74.2 Å². The molecule has 1 aromatic carbocycles. The molecule has 2 nitrogen and oxygen atoms in total. The SMILES string of the molecule is Cc1cc(N2CCCC(C(C)C)CC2)ccc1CCN. The van der Waals surface area contributed by atoms with Gasteiger partial charge in [0.1, 0.15) is 0 Å². The van der Waals surface area contributed by atoms with Crippen molar-refractivity contribution in [1.29, 1.82) is 0 Å². The van der Waals surface area contributed by atoms with Gasteiger partial charge in [0.15, 0.2) is 0 Å². The largest absolute Gasteiger partial charge is 0.372 e. The van der Waals surface area contributed by atoms with Crippen LogP contribution in [0, 0.1) is 18.8 Å². The second-order valence-corrected chi connectivity index (χ2v) is 6.57. The van der Waals surface area contributed by atoms with Crippen molar-refractivity contribution in [3.63, 3.8) is 0 Å². The summed E-state index contributed by atoms with van der Waals surface area (Å²) in [5.41, 5.74) is 9.84. The van der Waals surface area contributed by atoms with Gasteiger partial charge in [0.05, 0.1) is 0 Å². The number of hydrogen-bond donors (Lipinski definition) is 1. The van der Waals surface area contributed by atoms with E-state index in [1.54, 1.807) is 0 Å². The zero-order valence-corrected chi connectivity index (χ0v) is 13.4. The minimum atomic E-state index is 0.736. The Morgan fingerprint density at radius 1 is 1.25 bits per heavy atom. The smallest absolute Gasteiger partial charge is 0.0369 e. The van der Waals surface area contributed by atoms with Gasteiger partial charge in [0.2, 0.25) is 0 Å². The summed E-state index contributed by atoms with van der Waals surface area (Å²) in [4.78, 5) is 2.57. The first-order valence-corrected chi connectivity index (χ1v) is 8.16. The van der Waals surface area contributed by atoms with Crippen LogP contribution in [0.4, 0.5) is 5.69 Å². The average Bonchev–Trinajstić information content (AvgIpc) is 2.67. The van der Waals surface area contributed by atoms with E-state index in [-0.39, 0.29) is 0 Å². The Balaban J connectivity index is 2.06. The van der Waals surface area contributed by atoms with E-state index in [0.717, 1.165) is 24.8 Å². The minimum absolute atomic E-state index is 0.736. The van der Waals surface area contributed by atoms with E-state index in [2.05, 4.69) is 43.9 Å². The summed E-state index contributed by atoms with van der Waals surface area (Å²) >= 11 is 0. The molecule has 1 saturated heterocycles. The number of nitrogens with two attached hydrogens (primary N) is 1. The molecule has 0 aromatic heterocycles. The molecule has 2 N–H and O–H groups in total. The fourth-order valence-corrected chi connectivity index (χ4v) is 3.36. The Hall–Kier alpha value is -1.02. The van der Waals surface area contributed by atoms with Gasteiger partial charge in [0.25, 0.3) is 0 Å². The lowest BCUT2D eigenvalue weighted by Crippen LogP contribution is -2.24. The van der Waals surface area contributed by atoms with E-state index in [4.69, 9.17) is 5.73 Å². The van der Waals surface area contributed by atoms with E-state index in [9.17, 15) is 0 Å². The molecule has 0 bridgehead atoms. The molecule has 0 spiro atoms. The Morgan fingerprint density at radius 2 is 2.05 bits per heavy atom. The summed E-state index contributed by atoms with van der Waals surface area (Å²) in [5, 5.41) is 0. The van der Waals surface area contributed by atoms with Gasteiger partial charge in [0, 0.05) is 18.8 Å². The van der Waals surface area contributed by atoms with Gasteiger partial charge in [-0.15, -0.1) is 0 Å². The van der Waals surface area contributed by atoms with Crippen molar-refractivity contribution in [2.24, 2.45) is 17.6 Å². The molecule has 1 aliphatic rings. The number of benzene rings is 1. The van der Waals surface area contributed by atoms with Crippen LogP contribution in [0.3, 0.4) is 0 Å². The molecule has 0 saturated carbocycles. The standard InChI is InChI=1S/C18H30N2/c1-14(2)16-5-4-11-20(12-9-16)18-7-6-17(8-10-19)15(3)13-18/h6-7,13-14,16H,4-5,8-12,19H2,1-3H3. The summed E-state index contributed by atoms with van der Waals surface area (Å²) in [6, 6.07) is 6.90. The Morgan fingerprint density at radius 3 is 2.70 bits per heavy atom. The fraction of sp³-hybridized carbons (Fsp3) is 0.667. The van der Waals surface area contributed by atoms with Crippen LogP contribution >= 0.6 is 0 Å². The molecule has 1 aliphatic heterocycles. The molecule has 1 heterocycles. The number of rotatable bonds is 4. The highest BCUT2D eigenvalue weighted by atomic mass is 15.1. The number of nitrogens with zero attached hydrogens (tertiary/aromatic N) is 1. The van der Waals surface area contributed by atoms with Crippen molar-refractivity contribution in [3.8, 4) is 0 Å². The molecule has 1 aromatic rings. The lowest BCUT2D eigenvalue weighted by atomic mass is 9.89. The zero-order chi connectivity index (χ0) is 14.5. The van der Waals surface area contributed by atoms with E-state index in [0.29, 0.717) is 0 Å². The van der Waals surface area contributed by atoms with Gasteiger partial charge < -0.3 is 10.6 Å². The van der Waals surface area contributed by atoms with Gasteiger partial charge >= 0.3 is 0 Å². The quantitative estimate of drug-likeness (QED) is 0.906. The molecule has 20 heavy (non-hydrogen) atoms. The molecular formula is C18H30N2. The summed E-state index contributed by atoms with van der Waals surface area (Å²) in [7, 11) is 0. The van der Waals surface area contributed by atoms with E-state index < -0.39 is 0 Å². The van der Waals surface area contributed by atoms with Crippen LogP contribution in [0.1, 0.15) is 44.2 Å². The second kappa shape index (κ2) is 7.12. The van der Waals surface area contributed by atoms with Crippen LogP contribution in [0.2, 0.25) is 0 Å². The first kappa shape index (κ1) is 15.4. The highest BCUT2D eigenvalue weighted by Gasteiger charge is 2.19. The number of aryl methyl sites for hydroxylation is 1. The summed E-state index contributed by atoms with van der Waals surface area (Å²) in [5.74, 6) is 1.72. The summed E-state index contributed by atoms with van der Waals surface area (Å²) in [6.07, 6.45) is 5.04. The van der Waals surface area contributed by atoms with Gasteiger partial charge in [-0.2, -0.15) is 0 Å². The van der Waals surface area contributed by atoms with Crippen molar-refractivity contribution in [1.82, 2.24) is 0 Å². The van der Waals surface area contributed by atoms with Gasteiger partial charge in [-0.1, -0.05) is 19.9 Å². The van der Waals surface area contributed by atoms with Crippen LogP contribution < -0.4 is 10.6 Å². The number of hydrogen-bond acceptors (Lipinski definition) is 2. The third-order valence-electron chi connectivity index (χ3n) is 4.82. The topological polar surface area (TPSA) is 29.3 Å². The Labute approximate surface area is 124 Å². The summed E-state index contributed by atoms with van der Waals surface area (Å²) < 4.78 is 0. The molecule has 1 atom stereocenters. The molecule has 1 fully saturated rings. The third-order valence-corrected chi connectivity index (χ3v) is 4.82. The predicted octanol–water partition coefficient (Wildman–Crippen LogP) is 3.76. The molecule has 0 aliphatic carbocycles. The Kier molecular flexibility index (Phi) is 5.47. The van der Waals surface area contributed by atoms with E-state index in [1.807, 2.05) is 0 Å². The van der Waals surface area contributed by atoms with Crippen LogP contribution in [-0.4, -0.2) is 19.6 Å². The third kappa shape index (κ3) is 3.76. The molecule has 2 rings (SSSR count). The first-order valence-electron chi connectivity index (χ1n) is 8.16. The lowest BCUT2D eigenvalue weighted by Gasteiger charge is -2.24. The van der Waals surface area contributed by atoms with Crippen molar-refractivity contribution >= 4 is 5.69 Å². The van der Waals surface area contributed by atoms with Crippen molar-refractivity contribution in [2.45, 2.75) is 46.5 Å². The van der Waals surface area contributed by atoms with Gasteiger partial charge in [-0.3, -0.25) is 0 Å². The fourth-order valence-electron chi connectivity index (χ4n) is 3.36. The van der Waals surface area contributed by atoms with Crippen LogP contribution in [0.25, 0.3) is 0 Å². The van der Waals surface area contributed by atoms with Crippen molar-refractivity contribution < 1.29 is 0 Å². The maximum Gasteiger partial charge on any atom is 0.0369 e. The molecule has 1 unspecified atom stereocenters. The van der Waals surface area contributed by atoms with Crippen LogP contribution in [0.5, 0.6) is 0 Å². The summed E-state index contributed by atoms with van der Waals surface area (Å²) in [6.45, 7) is 10.1. The van der Waals surface area contributed by atoms with E-state index in [1.165, 1.54) is 49.2 Å². The molecule has 112 valence electrons. The molecule has 2 heteroatoms. The number of anilines is 1. The van der Waals surface area contributed by atoms with Gasteiger partial charge in [-0.25, -0.2) is 0 Å². The first-order chi connectivity index (χ1) is 9.61. The van der Waals surface area contributed by atoms with E-state index >= 15 is 0 Å². The monoisotopic (exact) mass is 274 g/mol. The Bertz CT molecular complexity index is 425. The van der Waals surface area contributed by atoms with Crippen molar-refractivity contribution in [2.75, 3.05) is 24.5 Å². The average molecular weight is 274 g/mol. The molecule has 0 amide bonds. The highest BCUT2D eigenvalue weighted by Crippen LogP contribution is 2.28. The van der Waals surface area contributed by atoms with Crippen LogP contribution in [0.15, 0.2) is 18.2 Å².